The number of aromatic nitrogens is 4. The first-order valence-corrected chi connectivity index (χ1v) is 8.78. The Morgan fingerprint density at radius 2 is 2.15 bits per heavy atom. The number of carbonyl (C=O) groups excluding carboxylic acids is 1. The summed E-state index contributed by atoms with van der Waals surface area (Å²) in [7, 11) is 0. The highest BCUT2D eigenvalue weighted by Gasteiger charge is 2.36. The van der Waals surface area contributed by atoms with Crippen LogP contribution in [-0.4, -0.2) is 31.5 Å². The highest BCUT2D eigenvalue weighted by atomic mass is 16.6. The predicted molar refractivity (Wildman–Crippen MR) is 97.3 cm³/mol. The number of rotatable bonds is 4. The first-order chi connectivity index (χ1) is 13.0. The molecule has 3 aromatic rings. The lowest BCUT2D eigenvalue weighted by Crippen LogP contribution is -2.36. The van der Waals surface area contributed by atoms with Gasteiger partial charge in [-0.15, -0.1) is 5.10 Å². The molecule has 0 N–H and O–H groups in total. The predicted octanol–water partition coefficient (Wildman–Crippen LogP) is 3.18. The maximum Gasteiger partial charge on any atom is 0.361 e. The number of benzene rings is 1. The molecule has 0 fully saturated rings. The average molecular weight is 364 g/mol. The van der Waals surface area contributed by atoms with Crippen LogP contribution in [0.3, 0.4) is 0 Å². The smallest absolute Gasteiger partial charge is 0.361 e. The van der Waals surface area contributed by atoms with E-state index >= 15 is 0 Å². The van der Waals surface area contributed by atoms with Gasteiger partial charge in [0.05, 0.1) is 12.7 Å². The molecule has 0 saturated heterocycles. The third kappa shape index (κ3) is 3.81. The van der Waals surface area contributed by atoms with Crippen molar-refractivity contribution in [1.82, 2.24) is 20.0 Å². The highest BCUT2D eigenvalue weighted by molar-refractivity contribution is 5.87. The van der Waals surface area contributed by atoms with Crippen LogP contribution in [0.25, 0.3) is 0 Å². The molecule has 1 aromatic carbocycles. The summed E-state index contributed by atoms with van der Waals surface area (Å²) in [5, 5.41) is 7.97. The largest absolute Gasteiger partial charge is 0.487 e. The molecule has 1 aliphatic rings. The Morgan fingerprint density at radius 3 is 2.96 bits per heavy atom. The molecular weight excluding hydrogens is 344 g/mol. The summed E-state index contributed by atoms with van der Waals surface area (Å²) in [6.07, 6.45) is 5.23. The second-order valence-electron chi connectivity index (χ2n) is 7.16. The SMILES string of the molecule is CC1(C)CC(OC(=O)c2cn(Cc3cccnc3)nn2)c2ccccc2O1. The Morgan fingerprint density at radius 1 is 1.30 bits per heavy atom. The van der Waals surface area contributed by atoms with Crippen LogP contribution in [0.5, 0.6) is 5.75 Å². The number of esters is 1. The van der Waals surface area contributed by atoms with Gasteiger partial charge in [0, 0.05) is 24.4 Å². The maximum atomic E-state index is 12.6. The summed E-state index contributed by atoms with van der Waals surface area (Å²) in [6.45, 7) is 4.45. The zero-order valence-corrected chi connectivity index (χ0v) is 15.2. The lowest BCUT2D eigenvalue weighted by Gasteiger charge is -2.36. The minimum atomic E-state index is -0.495. The molecule has 0 aliphatic carbocycles. The molecule has 1 aliphatic heterocycles. The molecule has 138 valence electrons. The number of fused-ring (bicyclic) bond motifs is 1. The Bertz CT molecular complexity index is 953. The van der Waals surface area contributed by atoms with Crippen LogP contribution in [0.4, 0.5) is 0 Å². The monoisotopic (exact) mass is 364 g/mol. The van der Waals surface area contributed by atoms with Gasteiger partial charge in [-0.2, -0.15) is 0 Å². The van der Waals surface area contributed by atoms with Gasteiger partial charge in [0.1, 0.15) is 17.5 Å². The van der Waals surface area contributed by atoms with Gasteiger partial charge in [-0.1, -0.05) is 29.5 Å². The molecule has 27 heavy (non-hydrogen) atoms. The summed E-state index contributed by atoms with van der Waals surface area (Å²) >= 11 is 0. The van der Waals surface area contributed by atoms with Crippen LogP contribution in [0, 0.1) is 0 Å². The van der Waals surface area contributed by atoms with E-state index in [1.807, 2.05) is 50.2 Å². The molecule has 7 heteroatoms. The number of nitrogens with zero attached hydrogens (tertiary/aromatic N) is 4. The number of para-hydroxylation sites is 1. The summed E-state index contributed by atoms with van der Waals surface area (Å²) in [5.74, 6) is 0.247. The van der Waals surface area contributed by atoms with E-state index in [2.05, 4.69) is 15.3 Å². The molecule has 1 unspecified atom stereocenters. The van der Waals surface area contributed by atoms with Crippen molar-refractivity contribution < 1.29 is 14.3 Å². The van der Waals surface area contributed by atoms with E-state index < -0.39 is 11.6 Å². The number of carbonyl (C=O) groups is 1. The van der Waals surface area contributed by atoms with Gasteiger partial charge >= 0.3 is 5.97 Å². The van der Waals surface area contributed by atoms with Crippen molar-refractivity contribution in [3.63, 3.8) is 0 Å². The molecule has 7 nitrogen and oxygen atoms in total. The van der Waals surface area contributed by atoms with Crippen molar-refractivity contribution in [2.24, 2.45) is 0 Å². The third-order valence-electron chi connectivity index (χ3n) is 4.39. The summed E-state index contributed by atoms with van der Waals surface area (Å²) in [4.78, 5) is 16.7. The molecule has 1 atom stereocenters. The summed E-state index contributed by atoms with van der Waals surface area (Å²) in [6, 6.07) is 11.4. The van der Waals surface area contributed by atoms with Crippen LogP contribution in [-0.2, 0) is 11.3 Å². The third-order valence-corrected chi connectivity index (χ3v) is 4.39. The highest BCUT2D eigenvalue weighted by Crippen LogP contribution is 2.41. The second-order valence-corrected chi connectivity index (χ2v) is 7.16. The van der Waals surface area contributed by atoms with Gasteiger partial charge < -0.3 is 9.47 Å². The molecule has 0 spiro atoms. The minimum Gasteiger partial charge on any atom is -0.487 e. The first kappa shape index (κ1) is 17.2. The van der Waals surface area contributed by atoms with E-state index in [-0.39, 0.29) is 11.8 Å². The topological polar surface area (TPSA) is 79.1 Å². The lowest BCUT2D eigenvalue weighted by molar-refractivity contribution is -0.0165. The van der Waals surface area contributed by atoms with Crippen molar-refractivity contribution in [1.29, 1.82) is 0 Å². The number of hydrogen-bond donors (Lipinski definition) is 0. The Kier molecular flexibility index (Phi) is 4.35. The van der Waals surface area contributed by atoms with Gasteiger partial charge in [-0.25, -0.2) is 9.48 Å². The van der Waals surface area contributed by atoms with Gasteiger partial charge in [0.25, 0.3) is 0 Å². The fraction of sp³-hybridized carbons (Fsp3) is 0.300. The molecular formula is C20H20N4O3. The molecule has 4 rings (SSSR count). The van der Waals surface area contributed by atoms with E-state index in [1.54, 1.807) is 23.3 Å². The Hall–Kier alpha value is -3.22. The maximum absolute atomic E-state index is 12.6. The van der Waals surface area contributed by atoms with Crippen molar-refractivity contribution in [2.45, 2.75) is 38.5 Å². The molecule has 0 saturated carbocycles. The van der Waals surface area contributed by atoms with Crippen molar-refractivity contribution in [2.75, 3.05) is 0 Å². The fourth-order valence-corrected chi connectivity index (χ4v) is 3.18. The van der Waals surface area contributed by atoms with E-state index in [0.717, 1.165) is 16.9 Å². The van der Waals surface area contributed by atoms with E-state index in [9.17, 15) is 4.79 Å². The second kappa shape index (κ2) is 6.83. The number of ether oxygens (including phenoxy) is 2. The molecule has 0 radical (unpaired) electrons. The first-order valence-electron chi connectivity index (χ1n) is 8.78. The number of hydrogen-bond acceptors (Lipinski definition) is 6. The van der Waals surface area contributed by atoms with Crippen molar-refractivity contribution in [3.05, 3.63) is 71.8 Å². The number of pyridine rings is 1. The summed E-state index contributed by atoms with van der Waals surface area (Å²) in [5.41, 5.74) is 1.60. The van der Waals surface area contributed by atoms with Crippen molar-refractivity contribution >= 4 is 5.97 Å². The van der Waals surface area contributed by atoms with Gasteiger partial charge in [0.15, 0.2) is 5.69 Å². The van der Waals surface area contributed by atoms with E-state index in [1.165, 1.54) is 0 Å². The van der Waals surface area contributed by atoms with Gasteiger partial charge in [-0.3, -0.25) is 4.98 Å². The normalized spacial score (nSPS) is 17.6. The van der Waals surface area contributed by atoms with Crippen LogP contribution in [0.1, 0.15) is 48.0 Å². The fourth-order valence-electron chi connectivity index (χ4n) is 3.18. The van der Waals surface area contributed by atoms with E-state index in [0.29, 0.717) is 13.0 Å². The van der Waals surface area contributed by atoms with Crippen LogP contribution >= 0.6 is 0 Å². The van der Waals surface area contributed by atoms with Crippen LogP contribution in [0.15, 0.2) is 55.0 Å². The van der Waals surface area contributed by atoms with Crippen molar-refractivity contribution in [3.8, 4) is 5.75 Å². The van der Waals surface area contributed by atoms with Gasteiger partial charge in [-0.05, 0) is 31.5 Å². The lowest BCUT2D eigenvalue weighted by atomic mass is 9.91. The zero-order chi connectivity index (χ0) is 18.9. The standard InChI is InChI=1S/C20H20N4O3/c1-20(2)10-18(15-7-3-4-8-17(15)27-20)26-19(25)16-13-24(23-22-16)12-14-6-5-9-21-11-14/h3-9,11,13,18H,10,12H2,1-2H3. The zero-order valence-electron chi connectivity index (χ0n) is 15.2. The van der Waals surface area contributed by atoms with Gasteiger partial charge in [0.2, 0.25) is 0 Å². The Balaban J connectivity index is 1.50. The quantitative estimate of drug-likeness (QED) is 0.662. The average Bonchev–Trinajstić information content (AvgIpc) is 3.10. The Labute approximate surface area is 156 Å². The van der Waals surface area contributed by atoms with E-state index in [4.69, 9.17) is 9.47 Å². The minimum absolute atomic E-state index is 0.181. The van der Waals surface area contributed by atoms with Crippen LogP contribution < -0.4 is 4.74 Å². The van der Waals surface area contributed by atoms with Crippen LogP contribution in [0.2, 0.25) is 0 Å². The summed E-state index contributed by atoms with van der Waals surface area (Å²) < 4.78 is 13.3. The molecule has 0 bridgehead atoms. The molecule has 2 aromatic heterocycles. The molecule has 3 heterocycles. The molecule has 0 amide bonds.